The van der Waals surface area contributed by atoms with Crippen LogP contribution in [0.2, 0.25) is 10.0 Å². The Morgan fingerprint density at radius 3 is 2.73 bits per heavy atom. The third kappa shape index (κ3) is 2.97. The molecule has 1 aliphatic heterocycles. The van der Waals surface area contributed by atoms with Gasteiger partial charge in [0.1, 0.15) is 23.8 Å². The molecule has 8 heteroatoms. The fourth-order valence-corrected chi connectivity index (χ4v) is 3.83. The predicted octanol–water partition coefficient (Wildman–Crippen LogP) is 5.36. The lowest BCUT2D eigenvalue weighted by atomic mass is 9.91. The molecular weight excluding hydrogens is 396 g/mol. The number of hydrogen-bond donors (Lipinski definition) is 1. The predicted molar refractivity (Wildman–Crippen MR) is 101 cm³/mol. The van der Waals surface area contributed by atoms with Gasteiger partial charge in [-0.3, -0.25) is 9.78 Å². The SMILES string of the molecule is Cc1cc(C2OC2(Cn2[nH]cnc2=S)c2ccc(F)cc2Cl)ccc1Cl. The number of aromatic nitrogens is 3. The largest absolute Gasteiger partial charge is 0.354 e. The quantitative estimate of drug-likeness (QED) is 0.465. The highest BCUT2D eigenvalue weighted by Crippen LogP contribution is 2.59. The number of ether oxygens (including phenoxy) is 1. The van der Waals surface area contributed by atoms with Gasteiger partial charge in [-0.2, -0.15) is 0 Å². The van der Waals surface area contributed by atoms with Crippen molar-refractivity contribution >= 4 is 35.4 Å². The topological polar surface area (TPSA) is 46.1 Å². The zero-order chi connectivity index (χ0) is 18.5. The van der Waals surface area contributed by atoms with Gasteiger partial charge in [0.15, 0.2) is 0 Å². The maximum absolute atomic E-state index is 13.5. The van der Waals surface area contributed by atoms with Gasteiger partial charge in [0.05, 0.1) is 6.54 Å². The molecule has 2 unspecified atom stereocenters. The molecule has 3 aromatic rings. The summed E-state index contributed by atoms with van der Waals surface area (Å²) in [7, 11) is 0. The Kier molecular flexibility index (Phi) is 4.39. The summed E-state index contributed by atoms with van der Waals surface area (Å²) in [5, 5.41) is 3.98. The van der Waals surface area contributed by atoms with Gasteiger partial charge < -0.3 is 4.74 Å². The van der Waals surface area contributed by atoms with E-state index in [4.69, 9.17) is 40.2 Å². The van der Waals surface area contributed by atoms with Gasteiger partial charge in [-0.25, -0.2) is 9.37 Å². The second kappa shape index (κ2) is 6.46. The Morgan fingerprint density at radius 1 is 1.27 bits per heavy atom. The molecular formula is C18H14Cl2FN3OS. The van der Waals surface area contributed by atoms with Gasteiger partial charge in [-0.05, 0) is 48.5 Å². The van der Waals surface area contributed by atoms with E-state index < -0.39 is 11.4 Å². The maximum atomic E-state index is 13.5. The van der Waals surface area contributed by atoms with E-state index in [1.165, 1.54) is 18.5 Å². The van der Waals surface area contributed by atoms with Gasteiger partial charge in [0.25, 0.3) is 0 Å². The van der Waals surface area contributed by atoms with Gasteiger partial charge >= 0.3 is 0 Å². The molecule has 0 radical (unpaired) electrons. The first-order valence-electron chi connectivity index (χ1n) is 7.90. The average Bonchev–Trinajstić information content (AvgIpc) is 3.17. The number of aryl methyl sites for hydroxylation is 1. The Bertz CT molecular complexity index is 1050. The lowest BCUT2D eigenvalue weighted by Crippen LogP contribution is -2.20. The van der Waals surface area contributed by atoms with Crippen LogP contribution in [0.1, 0.15) is 22.8 Å². The molecule has 4 rings (SSSR count). The van der Waals surface area contributed by atoms with E-state index in [0.717, 1.165) is 11.1 Å². The zero-order valence-electron chi connectivity index (χ0n) is 13.7. The minimum Gasteiger partial charge on any atom is -0.354 e. The van der Waals surface area contributed by atoms with Gasteiger partial charge in [-0.15, -0.1) is 0 Å². The summed E-state index contributed by atoms with van der Waals surface area (Å²) < 4.78 is 21.8. The summed E-state index contributed by atoms with van der Waals surface area (Å²) >= 11 is 17.7. The molecule has 1 saturated heterocycles. The molecule has 1 N–H and O–H groups in total. The summed E-state index contributed by atoms with van der Waals surface area (Å²) in [5.41, 5.74) is 1.86. The van der Waals surface area contributed by atoms with Crippen molar-refractivity contribution in [3.63, 3.8) is 0 Å². The Labute approximate surface area is 164 Å². The lowest BCUT2D eigenvalue weighted by molar-refractivity contribution is 0.261. The Balaban J connectivity index is 1.80. The summed E-state index contributed by atoms with van der Waals surface area (Å²) in [6.45, 7) is 2.31. The van der Waals surface area contributed by atoms with E-state index in [1.807, 2.05) is 25.1 Å². The monoisotopic (exact) mass is 409 g/mol. The van der Waals surface area contributed by atoms with Crippen LogP contribution in [0.4, 0.5) is 4.39 Å². The molecule has 2 aromatic carbocycles. The first-order chi connectivity index (χ1) is 12.4. The van der Waals surface area contributed by atoms with Crippen LogP contribution in [0, 0.1) is 17.5 Å². The van der Waals surface area contributed by atoms with E-state index in [2.05, 4.69) is 10.1 Å². The third-order valence-corrected chi connectivity index (χ3v) is 5.64. The number of aromatic amines is 1. The maximum Gasteiger partial charge on any atom is 0.215 e. The smallest absolute Gasteiger partial charge is 0.215 e. The summed E-state index contributed by atoms with van der Waals surface area (Å²) in [5.74, 6) is -0.397. The summed E-state index contributed by atoms with van der Waals surface area (Å²) in [4.78, 5) is 4.04. The molecule has 1 fully saturated rings. The molecule has 1 aromatic heterocycles. The van der Waals surface area contributed by atoms with Crippen molar-refractivity contribution in [1.82, 2.24) is 14.8 Å². The lowest BCUT2D eigenvalue weighted by Gasteiger charge is -2.16. The minimum atomic E-state index is -0.768. The van der Waals surface area contributed by atoms with Crippen LogP contribution in [-0.4, -0.2) is 14.8 Å². The molecule has 26 heavy (non-hydrogen) atoms. The standard InChI is InChI=1S/C18H14Cl2FN3OS/c1-10-6-11(2-5-14(10)19)16-18(25-16,8-24-17(26)22-9-23-24)13-4-3-12(21)7-15(13)20/h2-7,9,16H,8H2,1H3,(H,22,23,26). The fraction of sp³-hybridized carbons (Fsp3) is 0.222. The molecule has 0 bridgehead atoms. The van der Waals surface area contributed by atoms with Crippen molar-refractivity contribution in [2.75, 3.05) is 0 Å². The summed E-state index contributed by atoms with van der Waals surface area (Å²) in [6.07, 6.45) is 1.26. The number of nitrogens with one attached hydrogen (secondary N) is 1. The van der Waals surface area contributed by atoms with Gasteiger partial charge in [0.2, 0.25) is 4.77 Å². The van der Waals surface area contributed by atoms with Crippen LogP contribution in [0.5, 0.6) is 0 Å². The van der Waals surface area contributed by atoms with Crippen molar-refractivity contribution in [2.24, 2.45) is 0 Å². The van der Waals surface area contributed by atoms with E-state index in [1.54, 1.807) is 10.7 Å². The number of hydrogen-bond acceptors (Lipinski definition) is 3. The van der Waals surface area contributed by atoms with E-state index in [9.17, 15) is 4.39 Å². The van der Waals surface area contributed by atoms with Gasteiger partial charge in [0, 0.05) is 15.6 Å². The number of rotatable bonds is 4. The molecule has 2 heterocycles. The highest BCUT2D eigenvalue weighted by molar-refractivity contribution is 7.71. The fourth-order valence-electron chi connectivity index (χ4n) is 3.21. The summed E-state index contributed by atoms with van der Waals surface area (Å²) in [6, 6.07) is 10.1. The van der Waals surface area contributed by atoms with Crippen LogP contribution >= 0.6 is 35.4 Å². The second-order valence-electron chi connectivity index (χ2n) is 6.28. The van der Waals surface area contributed by atoms with Crippen LogP contribution in [0.15, 0.2) is 42.7 Å². The molecule has 0 spiro atoms. The Morgan fingerprint density at radius 2 is 2.08 bits per heavy atom. The molecule has 134 valence electrons. The highest BCUT2D eigenvalue weighted by Gasteiger charge is 2.60. The molecule has 0 amide bonds. The van der Waals surface area contributed by atoms with Crippen LogP contribution in [0.3, 0.4) is 0 Å². The Hall–Kier alpha value is -1.73. The normalized spacial score (nSPS) is 21.8. The van der Waals surface area contributed by atoms with E-state index in [0.29, 0.717) is 26.9 Å². The minimum absolute atomic E-state index is 0.258. The van der Waals surface area contributed by atoms with E-state index in [-0.39, 0.29) is 6.10 Å². The first kappa shape index (κ1) is 17.7. The number of nitrogens with zero attached hydrogens (tertiary/aromatic N) is 2. The zero-order valence-corrected chi connectivity index (χ0v) is 16.0. The number of halogens is 3. The molecule has 0 aliphatic carbocycles. The first-order valence-corrected chi connectivity index (χ1v) is 9.07. The number of H-pyrrole nitrogens is 1. The van der Waals surface area contributed by atoms with Crippen molar-refractivity contribution in [1.29, 1.82) is 0 Å². The highest BCUT2D eigenvalue weighted by atomic mass is 35.5. The van der Waals surface area contributed by atoms with Crippen molar-refractivity contribution in [2.45, 2.75) is 25.2 Å². The van der Waals surface area contributed by atoms with E-state index >= 15 is 0 Å². The van der Waals surface area contributed by atoms with Gasteiger partial charge in [-0.1, -0.05) is 41.4 Å². The van der Waals surface area contributed by atoms with Crippen LogP contribution < -0.4 is 0 Å². The molecule has 4 nitrogen and oxygen atoms in total. The molecule has 0 saturated carbocycles. The van der Waals surface area contributed by atoms with Crippen LogP contribution in [0.25, 0.3) is 0 Å². The third-order valence-electron chi connectivity index (χ3n) is 4.58. The van der Waals surface area contributed by atoms with Crippen LogP contribution in [-0.2, 0) is 16.9 Å². The van der Waals surface area contributed by atoms with Crippen molar-refractivity contribution < 1.29 is 9.13 Å². The van der Waals surface area contributed by atoms with Crippen molar-refractivity contribution in [3.05, 3.63) is 80.0 Å². The molecule has 2 atom stereocenters. The number of epoxide rings is 1. The van der Waals surface area contributed by atoms with Crippen molar-refractivity contribution in [3.8, 4) is 0 Å². The second-order valence-corrected chi connectivity index (χ2v) is 7.46. The number of benzene rings is 2. The average molecular weight is 410 g/mol. The molecule has 1 aliphatic rings.